The number of hydrogen-bond acceptors (Lipinski definition) is 7. The maximum atomic E-state index is 13.2. The summed E-state index contributed by atoms with van der Waals surface area (Å²) in [5.74, 6) is -0.137. The molecule has 0 saturated carbocycles. The largest absolute Gasteiger partial charge is 0.508 e. The van der Waals surface area contributed by atoms with Crippen molar-refractivity contribution in [1.82, 2.24) is 9.97 Å². The molecule has 290 valence electrons. The van der Waals surface area contributed by atoms with Gasteiger partial charge in [0.15, 0.2) is 0 Å². The number of para-hydroxylation sites is 2. The average Bonchev–Trinajstić information content (AvgIpc) is 3.16. The Kier molecular flexibility index (Phi) is 11.5. The topological polar surface area (TPSA) is 154 Å². The van der Waals surface area contributed by atoms with Crippen LogP contribution >= 0.6 is 0 Å². The highest BCUT2D eigenvalue weighted by molar-refractivity contribution is 6.09. The summed E-state index contributed by atoms with van der Waals surface area (Å²) < 4.78 is 6.13. The van der Waals surface area contributed by atoms with Gasteiger partial charge in [-0.3, -0.25) is 19.4 Å². The van der Waals surface area contributed by atoms with Gasteiger partial charge in [-0.1, -0.05) is 108 Å². The molecule has 0 aliphatic heterocycles. The smallest absolute Gasteiger partial charge is 0.261 e. The fourth-order valence-corrected chi connectivity index (χ4v) is 6.38. The van der Waals surface area contributed by atoms with Crippen LogP contribution in [0.1, 0.15) is 78.9 Å². The van der Waals surface area contributed by atoms with Crippen molar-refractivity contribution in [1.29, 1.82) is 0 Å². The molecule has 0 aliphatic rings. The van der Waals surface area contributed by atoms with E-state index in [1.54, 1.807) is 42.5 Å². The highest BCUT2D eigenvalue weighted by Gasteiger charge is 2.22. The van der Waals surface area contributed by atoms with E-state index in [2.05, 4.69) is 20.6 Å². The van der Waals surface area contributed by atoms with Crippen molar-refractivity contribution >= 4 is 45.0 Å². The molecule has 2 heterocycles. The third-order valence-corrected chi connectivity index (χ3v) is 9.36. The molecule has 0 spiro atoms. The van der Waals surface area contributed by atoms with Crippen molar-refractivity contribution in [3.63, 3.8) is 0 Å². The Hall–Kier alpha value is -6.94. The molecule has 0 radical (unpaired) electrons. The van der Waals surface area contributed by atoms with Crippen molar-refractivity contribution in [2.24, 2.45) is 0 Å². The van der Waals surface area contributed by atoms with E-state index in [4.69, 9.17) is 4.74 Å². The van der Waals surface area contributed by atoms with Crippen LogP contribution in [-0.4, -0.2) is 32.0 Å². The van der Waals surface area contributed by atoms with Crippen molar-refractivity contribution in [3.05, 3.63) is 166 Å². The quantitative estimate of drug-likeness (QED) is 0.108. The molecule has 7 aromatic rings. The third kappa shape index (κ3) is 9.30. The molecule has 2 aromatic heterocycles. The second-order valence-corrected chi connectivity index (χ2v) is 15.7. The Bertz CT molecular complexity index is 2640. The minimum absolute atomic E-state index is 0.0260. The second-order valence-electron chi connectivity index (χ2n) is 15.7. The number of benzene rings is 5. The SMILES string of the molecule is CC(C)(C)c1ccc(NC(=O)c2c[nH]c3ccccc3c2=O)cc1O.CC(C)(C)c1ccc(NC(=O)c2cnc3ccccc3c2OCc2ccccc2)cc1O. The molecule has 5 N–H and O–H groups in total. The van der Waals surface area contributed by atoms with E-state index >= 15 is 0 Å². The number of aromatic hydroxyl groups is 2. The number of anilines is 2. The summed E-state index contributed by atoms with van der Waals surface area (Å²) in [6.45, 7) is 12.4. The van der Waals surface area contributed by atoms with Gasteiger partial charge in [-0.25, -0.2) is 0 Å². The standard InChI is InChI=1S/C27H26N2O3.C20H20N2O3/c1-27(2,3)22-14-13-19(15-24(22)30)29-26(31)21-16-28-23-12-8-7-11-20(23)25(21)32-17-18-9-5-4-6-10-18;1-20(2,3)15-9-8-12(10-17(15)23)22-19(25)14-11-21-16-7-5-4-6-13(16)18(14)24/h4-16,30H,17H2,1-3H3,(H,29,31);4-11,23H,1-3H3,(H,21,24)(H,22,25). The molecule has 2 amide bonds. The van der Waals surface area contributed by atoms with Gasteiger partial charge in [-0.05, 0) is 63.9 Å². The molecule has 0 unspecified atom stereocenters. The zero-order chi connectivity index (χ0) is 40.9. The number of aromatic nitrogens is 2. The van der Waals surface area contributed by atoms with Crippen molar-refractivity contribution in [2.75, 3.05) is 10.6 Å². The van der Waals surface area contributed by atoms with E-state index in [1.165, 1.54) is 18.5 Å². The summed E-state index contributed by atoms with van der Waals surface area (Å²) in [5.41, 5.74) is 4.59. The van der Waals surface area contributed by atoms with E-state index in [1.807, 2.05) is 108 Å². The lowest BCUT2D eigenvalue weighted by Crippen LogP contribution is -2.22. The van der Waals surface area contributed by atoms with Crippen LogP contribution in [0.2, 0.25) is 0 Å². The Balaban J connectivity index is 0.000000199. The normalized spacial score (nSPS) is 11.4. The monoisotopic (exact) mass is 762 g/mol. The molecule has 10 heteroatoms. The zero-order valence-corrected chi connectivity index (χ0v) is 32.8. The number of aromatic amines is 1. The van der Waals surface area contributed by atoms with Gasteiger partial charge in [0.1, 0.15) is 35.0 Å². The number of H-pyrrole nitrogens is 1. The van der Waals surface area contributed by atoms with Gasteiger partial charge in [0.05, 0.1) is 5.52 Å². The number of nitrogens with one attached hydrogen (secondary N) is 3. The van der Waals surface area contributed by atoms with Crippen LogP contribution in [0.3, 0.4) is 0 Å². The fourth-order valence-electron chi connectivity index (χ4n) is 6.38. The van der Waals surface area contributed by atoms with Crippen LogP contribution in [0.5, 0.6) is 17.2 Å². The van der Waals surface area contributed by atoms with Gasteiger partial charge in [0.2, 0.25) is 5.43 Å². The number of phenols is 2. The molecule has 0 atom stereocenters. The Morgan fingerprint density at radius 2 is 1.19 bits per heavy atom. The van der Waals surface area contributed by atoms with E-state index in [0.29, 0.717) is 40.2 Å². The lowest BCUT2D eigenvalue weighted by Gasteiger charge is -2.21. The van der Waals surface area contributed by atoms with Crippen LogP contribution in [-0.2, 0) is 17.4 Å². The number of carbonyl (C=O) groups is 2. The zero-order valence-electron chi connectivity index (χ0n) is 32.8. The van der Waals surface area contributed by atoms with Gasteiger partial charge < -0.3 is 30.6 Å². The number of ether oxygens (including phenoxy) is 1. The molecule has 10 nitrogen and oxygen atoms in total. The number of amides is 2. The predicted octanol–water partition coefficient (Wildman–Crippen LogP) is 9.85. The van der Waals surface area contributed by atoms with Crippen molar-refractivity contribution in [3.8, 4) is 17.2 Å². The van der Waals surface area contributed by atoms with Crippen LogP contribution < -0.4 is 20.8 Å². The van der Waals surface area contributed by atoms with E-state index in [9.17, 15) is 24.6 Å². The molecule has 5 aromatic carbocycles. The molecule has 7 rings (SSSR count). The first kappa shape index (κ1) is 39.7. The fraction of sp³-hybridized carbons (Fsp3) is 0.191. The lowest BCUT2D eigenvalue weighted by atomic mass is 9.86. The lowest BCUT2D eigenvalue weighted by molar-refractivity contribution is 0.101. The Morgan fingerprint density at radius 1 is 0.667 bits per heavy atom. The summed E-state index contributed by atoms with van der Waals surface area (Å²) in [5, 5.41) is 27.4. The molecule has 0 fully saturated rings. The van der Waals surface area contributed by atoms with Crippen LogP contribution in [0.4, 0.5) is 11.4 Å². The molecule has 0 saturated heterocycles. The number of rotatable bonds is 7. The number of phenolic OH excluding ortho intramolecular Hbond substituents is 2. The minimum Gasteiger partial charge on any atom is -0.508 e. The first-order valence-corrected chi connectivity index (χ1v) is 18.5. The Morgan fingerprint density at radius 3 is 1.77 bits per heavy atom. The maximum absolute atomic E-state index is 13.2. The summed E-state index contributed by atoms with van der Waals surface area (Å²) >= 11 is 0. The van der Waals surface area contributed by atoms with E-state index in [0.717, 1.165) is 27.6 Å². The number of nitrogens with zero attached hydrogens (tertiary/aromatic N) is 1. The average molecular weight is 763 g/mol. The highest BCUT2D eigenvalue weighted by Crippen LogP contribution is 2.35. The molecule has 57 heavy (non-hydrogen) atoms. The van der Waals surface area contributed by atoms with Gasteiger partial charge in [-0.15, -0.1) is 0 Å². The first-order valence-electron chi connectivity index (χ1n) is 18.5. The van der Waals surface area contributed by atoms with Crippen molar-refractivity contribution in [2.45, 2.75) is 59.0 Å². The summed E-state index contributed by atoms with van der Waals surface area (Å²) in [4.78, 5) is 45.5. The van der Waals surface area contributed by atoms with Gasteiger partial charge in [-0.2, -0.15) is 0 Å². The number of pyridine rings is 2. The summed E-state index contributed by atoms with van der Waals surface area (Å²) in [6, 6.07) is 34.6. The van der Waals surface area contributed by atoms with Crippen LogP contribution in [0, 0.1) is 0 Å². The molecule has 0 aliphatic carbocycles. The summed E-state index contributed by atoms with van der Waals surface area (Å²) in [7, 11) is 0. The number of hydrogen-bond donors (Lipinski definition) is 5. The minimum atomic E-state index is -0.519. The van der Waals surface area contributed by atoms with Crippen molar-refractivity contribution < 1.29 is 24.5 Å². The maximum Gasteiger partial charge on any atom is 0.261 e. The van der Waals surface area contributed by atoms with Gasteiger partial charge in [0, 0.05) is 52.2 Å². The number of fused-ring (bicyclic) bond motifs is 2. The molecular weight excluding hydrogens is 717 g/mol. The molecule has 0 bridgehead atoms. The van der Waals surface area contributed by atoms with Gasteiger partial charge in [0.25, 0.3) is 11.8 Å². The third-order valence-electron chi connectivity index (χ3n) is 9.36. The predicted molar refractivity (Wildman–Crippen MR) is 227 cm³/mol. The van der Waals surface area contributed by atoms with Gasteiger partial charge >= 0.3 is 0 Å². The summed E-state index contributed by atoms with van der Waals surface area (Å²) in [6.07, 6.45) is 2.94. The number of carbonyl (C=O) groups excluding carboxylic acids is 2. The van der Waals surface area contributed by atoms with Crippen LogP contribution in [0.15, 0.2) is 132 Å². The first-order chi connectivity index (χ1) is 27.1. The Labute approximate surface area is 331 Å². The second kappa shape index (κ2) is 16.4. The van der Waals surface area contributed by atoms with E-state index in [-0.39, 0.29) is 39.2 Å². The van der Waals surface area contributed by atoms with Crippen LogP contribution in [0.25, 0.3) is 21.8 Å². The van der Waals surface area contributed by atoms with E-state index < -0.39 is 5.91 Å². The highest BCUT2D eigenvalue weighted by atomic mass is 16.5. The molecular formula is C47H46N4O6.